The Morgan fingerprint density at radius 2 is 1.69 bits per heavy atom. The number of carbonyl (C=O) groups is 4. The van der Waals surface area contributed by atoms with Crippen LogP contribution in [0.5, 0.6) is 11.5 Å². The van der Waals surface area contributed by atoms with Gasteiger partial charge in [-0.2, -0.15) is 5.10 Å². The van der Waals surface area contributed by atoms with Gasteiger partial charge in [0, 0.05) is 125 Å². The van der Waals surface area contributed by atoms with Gasteiger partial charge in [-0.1, -0.05) is 6.07 Å². The monoisotopic (exact) mass is 918 g/mol. The maximum atomic E-state index is 14.9. The average Bonchev–Trinajstić information content (AvgIpc) is 4.06. The predicted octanol–water partition coefficient (Wildman–Crippen LogP) is 6.14. The molecule has 1 unspecified atom stereocenters. The largest absolute Gasteiger partial charge is 0.496 e. The van der Waals surface area contributed by atoms with E-state index in [-0.39, 0.29) is 35.7 Å². The first-order chi connectivity index (χ1) is 32.4. The van der Waals surface area contributed by atoms with E-state index in [4.69, 9.17) is 14.6 Å². The molecule has 5 aromatic rings. The van der Waals surface area contributed by atoms with Crippen molar-refractivity contribution in [2.45, 2.75) is 83.5 Å². The Labute approximate surface area is 387 Å². The number of anilines is 3. The van der Waals surface area contributed by atoms with Crippen LogP contribution >= 0.6 is 0 Å². The second-order valence-corrected chi connectivity index (χ2v) is 18.5. The molecule has 1 aliphatic carbocycles. The van der Waals surface area contributed by atoms with E-state index in [0.29, 0.717) is 83.7 Å². The minimum Gasteiger partial charge on any atom is -0.496 e. The van der Waals surface area contributed by atoms with Crippen molar-refractivity contribution in [2.75, 3.05) is 70.3 Å². The first-order valence-corrected chi connectivity index (χ1v) is 23.2. The Hall–Kier alpha value is -6.56. The van der Waals surface area contributed by atoms with Crippen LogP contribution in [0.15, 0.2) is 55.0 Å². The van der Waals surface area contributed by atoms with Crippen molar-refractivity contribution in [3.63, 3.8) is 0 Å². The van der Waals surface area contributed by atoms with Gasteiger partial charge in [-0.15, -0.1) is 0 Å². The maximum absolute atomic E-state index is 14.9. The number of nitrogens with zero attached hydrogens (tertiary/aromatic N) is 9. The third kappa shape index (κ3) is 8.22. The number of carbonyl (C=O) groups excluding carboxylic acids is 4. The molecule has 2 aromatic carbocycles. The van der Waals surface area contributed by atoms with Crippen molar-refractivity contribution in [3.8, 4) is 22.6 Å². The van der Waals surface area contributed by atoms with Gasteiger partial charge < -0.3 is 33.5 Å². The molecular formula is C49H56F2N10O6. The lowest BCUT2D eigenvalue weighted by Crippen LogP contribution is -2.52. The summed E-state index contributed by atoms with van der Waals surface area (Å²) in [5, 5.41) is 7.63. The summed E-state index contributed by atoms with van der Waals surface area (Å²) in [6, 6.07) is 10.3. The number of benzene rings is 2. The number of nitrogens with one attached hydrogen (secondary N) is 1. The van der Waals surface area contributed by atoms with E-state index in [1.165, 1.54) is 13.2 Å². The normalized spacial score (nSPS) is 21.2. The first-order valence-electron chi connectivity index (χ1n) is 23.2. The number of hydrogen-bond donors (Lipinski definition) is 1. The van der Waals surface area contributed by atoms with E-state index in [2.05, 4.69) is 24.8 Å². The summed E-state index contributed by atoms with van der Waals surface area (Å²) >= 11 is 0. The van der Waals surface area contributed by atoms with Gasteiger partial charge in [-0.05, 0) is 73.4 Å². The van der Waals surface area contributed by atoms with Gasteiger partial charge in [0.05, 0.1) is 38.6 Å². The lowest BCUT2D eigenvalue weighted by molar-refractivity contribution is -0.137. The van der Waals surface area contributed by atoms with E-state index in [1.54, 1.807) is 54.1 Å². The van der Waals surface area contributed by atoms with Gasteiger partial charge in [0.2, 0.25) is 17.7 Å². The molecule has 1 atom stereocenters. The number of halogens is 2. The highest BCUT2D eigenvalue weighted by Crippen LogP contribution is 2.43. The predicted molar refractivity (Wildman–Crippen MR) is 246 cm³/mol. The van der Waals surface area contributed by atoms with Crippen molar-refractivity contribution in [1.29, 1.82) is 0 Å². The molecule has 352 valence electrons. The summed E-state index contributed by atoms with van der Waals surface area (Å²) in [5.41, 5.74) is 6.32. The number of methoxy groups -OCH3 is 2. The summed E-state index contributed by atoms with van der Waals surface area (Å²) in [7, 11) is 4.94. The zero-order valence-electron chi connectivity index (χ0n) is 38.3. The minimum atomic E-state index is -2.76. The average molecular weight is 919 g/mol. The van der Waals surface area contributed by atoms with Crippen LogP contribution < -0.4 is 24.6 Å². The van der Waals surface area contributed by atoms with Crippen LogP contribution in [0, 0.1) is 5.92 Å². The molecule has 4 aliphatic heterocycles. The lowest BCUT2D eigenvalue weighted by Gasteiger charge is -2.39. The molecule has 0 bridgehead atoms. The van der Waals surface area contributed by atoms with Gasteiger partial charge in [-0.3, -0.25) is 34.1 Å². The summed E-state index contributed by atoms with van der Waals surface area (Å²) in [4.78, 5) is 65.1. The molecule has 67 heavy (non-hydrogen) atoms. The number of imidazole rings is 1. The molecule has 7 heterocycles. The van der Waals surface area contributed by atoms with Gasteiger partial charge in [0.25, 0.3) is 12.3 Å². The Balaban J connectivity index is 0.806. The Morgan fingerprint density at radius 3 is 2.40 bits per heavy atom. The number of imide groups is 1. The third-order valence-electron chi connectivity index (χ3n) is 14.7. The number of hydrogen-bond acceptors (Lipinski definition) is 11. The van der Waals surface area contributed by atoms with Crippen LogP contribution in [0.25, 0.3) is 16.8 Å². The van der Waals surface area contributed by atoms with Crippen molar-refractivity contribution in [3.05, 3.63) is 82.9 Å². The number of alkyl halides is 2. The molecular weight excluding hydrogens is 863 g/mol. The molecule has 10 rings (SSSR count). The zero-order chi connectivity index (χ0) is 46.7. The highest BCUT2D eigenvalue weighted by Gasteiger charge is 2.41. The maximum Gasteiger partial charge on any atom is 0.264 e. The SMILES string of the molecule is COc1cn2ccnc2cc1-c1ccc(N(C)c2nn(C3CCC(CN4CCN(c5cc6c(c(OC)c5)C(=O)N(C5CCC(=O)NC5=O)C6)CC4)CC3)c3c2CN(C(C)=O)CC3)cc1C(F)F. The molecule has 1 saturated carbocycles. The van der Waals surface area contributed by atoms with Crippen LogP contribution in [0.1, 0.15) is 90.7 Å². The quantitative estimate of drug-likeness (QED) is 0.152. The van der Waals surface area contributed by atoms with Gasteiger partial charge in [-0.25, -0.2) is 13.8 Å². The summed E-state index contributed by atoms with van der Waals surface area (Å²) in [6.45, 7) is 7.34. The van der Waals surface area contributed by atoms with E-state index in [0.717, 1.165) is 80.9 Å². The number of aromatic nitrogens is 4. The third-order valence-corrected chi connectivity index (χ3v) is 14.7. The lowest BCUT2D eigenvalue weighted by atomic mass is 9.85. The zero-order valence-corrected chi connectivity index (χ0v) is 38.3. The fourth-order valence-electron chi connectivity index (χ4n) is 11.0. The Morgan fingerprint density at radius 1 is 0.910 bits per heavy atom. The van der Waals surface area contributed by atoms with Gasteiger partial charge in [0.1, 0.15) is 23.2 Å². The molecule has 1 N–H and O–H groups in total. The van der Waals surface area contributed by atoms with E-state index >= 15 is 0 Å². The van der Waals surface area contributed by atoms with Crippen LogP contribution in [0.2, 0.25) is 0 Å². The van der Waals surface area contributed by atoms with Crippen molar-refractivity contribution >= 4 is 46.5 Å². The van der Waals surface area contributed by atoms with E-state index in [1.807, 2.05) is 35.0 Å². The fourth-order valence-corrected chi connectivity index (χ4v) is 11.0. The molecule has 16 nitrogen and oxygen atoms in total. The molecule has 2 saturated heterocycles. The molecule has 0 radical (unpaired) electrons. The number of piperazine rings is 1. The summed E-state index contributed by atoms with van der Waals surface area (Å²) in [5.74, 6) is 1.16. The van der Waals surface area contributed by atoms with Gasteiger partial charge >= 0.3 is 0 Å². The standard InChI is InChI=1S/C49H56F2N10O6/c1-29(62)58-15-13-39-38(27-58)47(55(2)33-9-10-35(37(22-33)46(50)51)36-24-43-52-14-16-59(43)28-42(36)67-4)54-61(39)32-7-5-30(6-8-32)25-56-17-19-57(20-18-56)34-21-31-26-60(40-11-12-44(63)53-48(40)64)49(65)45(31)41(23-34)66-3/h9-10,14,16,21-24,28,30,32,40,46H,5-8,11-13,15,17-20,25-27H2,1-4H3,(H,53,63,64). The second kappa shape index (κ2) is 17.9. The van der Waals surface area contributed by atoms with Crippen molar-refractivity contribution < 1.29 is 37.4 Å². The Bertz CT molecular complexity index is 2760. The molecule has 3 fully saturated rings. The first kappa shape index (κ1) is 44.3. The van der Waals surface area contributed by atoms with E-state index < -0.39 is 18.4 Å². The fraction of sp³-hybridized carbons (Fsp3) is 0.469. The molecule has 3 aromatic heterocycles. The molecule has 4 amide bonds. The number of ether oxygens (including phenoxy) is 2. The molecule has 0 spiro atoms. The van der Waals surface area contributed by atoms with Crippen LogP contribution in [0.3, 0.4) is 0 Å². The van der Waals surface area contributed by atoms with Crippen molar-refractivity contribution in [1.82, 2.24) is 39.2 Å². The van der Waals surface area contributed by atoms with Gasteiger partial charge in [0.15, 0.2) is 5.82 Å². The smallest absolute Gasteiger partial charge is 0.264 e. The molecule has 5 aliphatic rings. The summed E-state index contributed by atoms with van der Waals surface area (Å²) in [6.07, 6.45) is 7.63. The van der Waals surface area contributed by atoms with Crippen LogP contribution in [0.4, 0.5) is 26.0 Å². The number of fused-ring (bicyclic) bond motifs is 3. The Kier molecular flexibility index (Phi) is 11.8. The minimum absolute atomic E-state index is 0.0112. The number of pyridine rings is 1. The van der Waals surface area contributed by atoms with Crippen LogP contribution in [-0.2, 0) is 33.9 Å². The second-order valence-electron chi connectivity index (χ2n) is 18.5. The highest BCUT2D eigenvalue weighted by atomic mass is 19.3. The number of piperidine rings is 1. The highest BCUT2D eigenvalue weighted by molar-refractivity contribution is 6.07. The molecule has 18 heteroatoms. The number of amides is 4. The number of rotatable bonds is 11. The van der Waals surface area contributed by atoms with E-state index in [9.17, 15) is 28.0 Å². The summed E-state index contributed by atoms with van der Waals surface area (Å²) < 4.78 is 45.2. The van der Waals surface area contributed by atoms with Crippen LogP contribution in [-0.4, -0.2) is 124 Å². The topological polar surface area (TPSA) is 150 Å². The van der Waals surface area contributed by atoms with Crippen molar-refractivity contribution in [2.24, 2.45) is 5.92 Å².